The summed E-state index contributed by atoms with van der Waals surface area (Å²) in [6.07, 6.45) is 0.909. The number of anilines is 1. The SMILES string of the molecule is CCOc1ccc(NS(=O)(=O)c2ccc(CC(C)C)cc2)cc1CO. The normalized spacial score (nSPS) is 11.6. The molecule has 0 spiro atoms. The first-order valence-electron chi connectivity index (χ1n) is 8.34. The van der Waals surface area contributed by atoms with Gasteiger partial charge in [0.15, 0.2) is 0 Å². The first-order chi connectivity index (χ1) is 11.9. The average Bonchev–Trinajstić information content (AvgIpc) is 2.56. The van der Waals surface area contributed by atoms with Crippen LogP contribution in [0.4, 0.5) is 5.69 Å². The van der Waals surface area contributed by atoms with E-state index in [1.165, 1.54) is 0 Å². The van der Waals surface area contributed by atoms with Crippen LogP contribution in [0.2, 0.25) is 0 Å². The van der Waals surface area contributed by atoms with Crippen molar-refractivity contribution < 1.29 is 18.3 Å². The summed E-state index contributed by atoms with van der Waals surface area (Å²) < 4.78 is 33.0. The highest BCUT2D eigenvalue weighted by Crippen LogP contribution is 2.25. The van der Waals surface area contributed by atoms with Crippen molar-refractivity contribution in [3.8, 4) is 5.75 Å². The molecule has 2 aromatic rings. The lowest BCUT2D eigenvalue weighted by molar-refractivity contribution is 0.267. The first kappa shape index (κ1) is 19.3. The van der Waals surface area contributed by atoms with E-state index < -0.39 is 10.0 Å². The molecule has 0 unspecified atom stereocenters. The summed E-state index contributed by atoms with van der Waals surface area (Å²) in [5.74, 6) is 1.06. The number of rotatable bonds is 8. The molecule has 2 N–H and O–H groups in total. The van der Waals surface area contributed by atoms with E-state index in [1.54, 1.807) is 30.3 Å². The van der Waals surface area contributed by atoms with Gasteiger partial charge in [-0.15, -0.1) is 0 Å². The third-order valence-corrected chi connectivity index (χ3v) is 5.06. The van der Waals surface area contributed by atoms with E-state index in [2.05, 4.69) is 18.6 Å². The summed E-state index contributed by atoms with van der Waals surface area (Å²) in [5.41, 5.74) is 2.03. The van der Waals surface area contributed by atoms with Crippen LogP contribution in [-0.2, 0) is 23.1 Å². The Morgan fingerprint density at radius 1 is 1.12 bits per heavy atom. The molecule has 0 radical (unpaired) electrons. The van der Waals surface area contributed by atoms with E-state index in [4.69, 9.17) is 4.74 Å². The van der Waals surface area contributed by atoms with E-state index in [-0.39, 0.29) is 11.5 Å². The fourth-order valence-electron chi connectivity index (χ4n) is 2.55. The van der Waals surface area contributed by atoms with Gasteiger partial charge in [-0.25, -0.2) is 8.42 Å². The van der Waals surface area contributed by atoms with Gasteiger partial charge >= 0.3 is 0 Å². The highest BCUT2D eigenvalue weighted by atomic mass is 32.2. The van der Waals surface area contributed by atoms with Gasteiger partial charge < -0.3 is 9.84 Å². The fraction of sp³-hybridized carbons (Fsp3) is 0.368. The van der Waals surface area contributed by atoms with Crippen molar-refractivity contribution >= 4 is 15.7 Å². The summed E-state index contributed by atoms with van der Waals surface area (Å²) in [5, 5.41) is 9.43. The predicted octanol–water partition coefficient (Wildman–Crippen LogP) is 3.58. The summed E-state index contributed by atoms with van der Waals surface area (Å²) >= 11 is 0. The number of ether oxygens (including phenoxy) is 1. The van der Waals surface area contributed by atoms with Gasteiger partial charge in [-0.2, -0.15) is 0 Å². The maximum Gasteiger partial charge on any atom is 0.261 e. The molecule has 2 rings (SSSR count). The Balaban J connectivity index is 2.20. The third-order valence-electron chi connectivity index (χ3n) is 3.66. The number of hydrogen-bond acceptors (Lipinski definition) is 4. The maximum atomic E-state index is 12.5. The van der Waals surface area contributed by atoms with Crippen LogP contribution in [0.25, 0.3) is 0 Å². The zero-order valence-corrected chi connectivity index (χ0v) is 15.6. The van der Waals surface area contributed by atoms with Crippen molar-refractivity contribution in [1.29, 1.82) is 0 Å². The highest BCUT2D eigenvalue weighted by molar-refractivity contribution is 7.92. The van der Waals surface area contributed by atoms with Crippen molar-refractivity contribution in [1.82, 2.24) is 0 Å². The zero-order valence-electron chi connectivity index (χ0n) is 14.8. The van der Waals surface area contributed by atoms with Crippen molar-refractivity contribution in [3.05, 3.63) is 53.6 Å². The molecule has 0 heterocycles. The molecule has 6 heteroatoms. The van der Waals surface area contributed by atoms with Gasteiger partial charge in [0.25, 0.3) is 10.0 Å². The topological polar surface area (TPSA) is 75.6 Å². The van der Waals surface area contributed by atoms with E-state index in [0.29, 0.717) is 29.5 Å². The number of hydrogen-bond donors (Lipinski definition) is 2. The molecule has 0 atom stereocenters. The molecule has 0 aromatic heterocycles. The monoisotopic (exact) mass is 363 g/mol. The van der Waals surface area contributed by atoms with Crippen LogP contribution < -0.4 is 9.46 Å². The molecule has 0 aliphatic rings. The van der Waals surface area contributed by atoms with E-state index in [9.17, 15) is 13.5 Å². The van der Waals surface area contributed by atoms with Crippen LogP contribution in [0.3, 0.4) is 0 Å². The molecule has 2 aromatic carbocycles. The van der Waals surface area contributed by atoms with E-state index in [1.807, 2.05) is 19.1 Å². The van der Waals surface area contributed by atoms with Gasteiger partial charge in [-0.05, 0) is 55.2 Å². The van der Waals surface area contributed by atoms with Gasteiger partial charge in [0.2, 0.25) is 0 Å². The number of aliphatic hydroxyl groups is 1. The van der Waals surface area contributed by atoms with E-state index >= 15 is 0 Å². The molecule has 5 nitrogen and oxygen atoms in total. The van der Waals surface area contributed by atoms with Crippen molar-refractivity contribution in [3.63, 3.8) is 0 Å². The second-order valence-corrected chi connectivity index (χ2v) is 7.94. The van der Waals surface area contributed by atoms with Gasteiger partial charge in [-0.3, -0.25) is 4.72 Å². The van der Waals surface area contributed by atoms with Crippen LogP contribution in [0.5, 0.6) is 5.75 Å². The number of nitrogens with one attached hydrogen (secondary N) is 1. The molecular formula is C19H25NO4S. The molecule has 0 fully saturated rings. The van der Waals surface area contributed by atoms with E-state index in [0.717, 1.165) is 12.0 Å². The molecule has 0 aliphatic carbocycles. The molecule has 136 valence electrons. The number of benzene rings is 2. The second-order valence-electron chi connectivity index (χ2n) is 6.26. The molecule has 0 saturated heterocycles. The molecule has 0 amide bonds. The summed E-state index contributed by atoms with van der Waals surface area (Å²) in [6, 6.07) is 11.8. The Morgan fingerprint density at radius 2 is 1.80 bits per heavy atom. The summed E-state index contributed by atoms with van der Waals surface area (Å²) in [6.45, 7) is 6.34. The largest absolute Gasteiger partial charge is 0.494 e. The quantitative estimate of drug-likeness (QED) is 0.752. The van der Waals surface area contributed by atoms with Crippen LogP contribution >= 0.6 is 0 Å². The van der Waals surface area contributed by atoms with Crippen LogP contribution in [-0.4, -0.2) is 20.1 Å². The minimum absolute atomic E-state index is 0.208. The Kier molecular flexibility index (Phi) is 6.45. The highest BCUT2D eigenvalue weighted by Gasteiger charge is 2.15. The zero-order chi connectivity index (χ0) is 18.4. The number of sulfonamides is 1. The van der Waals surface area contributed by atoms with Crippen LogP contribution in [0, 0.1) is 5.92 Å². The van der Waals surface area contributed by atoms with Gasteiger partial charge in [0.05, 0.1) is 18.1 Å². The molecule has 0 saturated carbocycles. The lowest BCUT2D eigenvalue weighted by atomic mass is 10.0. The third kappa shape index (κ3) is 5.21. The Hall–Kier alpha value is -2.05. The summed E-state index contributed by atoms with van der Waals surface area (Å²) in [4.78, 5) is 0.208. The molecule has 25 heavy (non-hydrogen) atoms. The molecule has 0 aliphatic heterocycles. The van der Waals surface area contributed by atoms with Crippen LogP contribution in [0.1, 0.15) is 31.9 Å². The Bertz CT molecular complexity index is 799. The predicted molar refractivity (Wildman–Crippen MR) is 99.3 cm³/mol. The van der Waals surface area contributed by atoms with Gasteiger partial charge in [-0.1, -0.05) is 26.0 Å². The van der Waals surface area contributed by atoms with Crippen molar-refractivity contribution in [2.75, 3.05) is 11.3 Å². The summed E-state index contributed by atoms with van der Waals surface area (Å²) in [7, 11) is -3.68. The Morgan fingerprint density at radius 3 is 2.36 bits per heavy atom. The fourth-order valence-corrected chi connectivity index (χ4v) is 3.60. The minimum atomic E-state index is -3.68. The van der Waals surface area contributed by atoms with Gasteiger partial charge in [0, 0.05) is 11.3 Å². The maximum absolute atomic E-state index is 12.5. The first-order valence-corrected chi connectivity index (χ1v) is 9.82. The smallest absolute Gasteiger partial charge is 0.261 e. The molecule has 0 bridgehead atoms. The van der Waals surface area contributed by atoms with Crippen LogP contribution in [0.15, 0.2) is 47.4 Å². The average molecular weight is 363 g/mol. The number of aliphatic hydroxyl groups excluding tert-OH is 1. The van der Waals surface area contributed by atoms with Gasteiger partial charge in [0.1, 0.15) is 5.75 Å². The van der Waals surface area contributed by atoms with Crippen molar-refractivity contribution in [2.24, 2.45) is 5.92 Å². The minimum Gasteiger partial charge on any atom is -0.494 e. The Labute approximate surface area is 149 Å². The lowest BCUT2D eigenvalue weighted by Gasteiger charge is -2.13. The lowest BCUT2D eigenvalue weighted by Crippen LogP contribution is -2.13. The van der Waals surface area contributed by atoms with Crippen molar-refractivity contribution in [2.45, 2.75) is 38.7 Å². The molecular weight excluding hydrogens is 338 g/mol. The standard InChI is InChI=1S/C19H25NO4S/c1-4-24-19-10-7-17(12-16(19)13-21)20-25(22,23)18-8-5-15(6-9-18)11-14(2)3/h5-10,12,14,20-21H,4,11,13H2,1-3H3. The second kappa shape index (κ2) is 8.36.